The molecule has 2 fully saturated rings. The Morgan fingerprint density at radius 3 is 2.30 bits per heavy atom. The van der Waals surface area contributed by atoms with Crippen molar-refractivity contribution in [1.29, 1.82) is 0 Å². The first-order valence-electron chi connectivity index (χ1n) is 4.78. The van der Waals surface area contributed by atoms with Crippen LogP contribution in [0.3, 0.4) is 0 Å². The van der Waals surface area contributed by atoms with Gasteiger partial charge in [0.05, 0.1) is 0 Å². The predicted octanol–water partition coefficient (Wildman–Crippen LogP) is 3.18. The molecule has 0 N–H and O–H groups in total. The molecule has 10 heavy (non-hydrogen) atoms. The first kappa shape index (κ1) is 6.69. The summed E-state index contributed by atoms with van der Waals surface area (Å²) in [5.74, 6) is 2.13. The number of hydrogen-bond acceptors (Lipinski definition) is 0. The van der Waals surface area contributed by atoms with Crippen molar-refractivity contribution < 1.29 is 0 Å². The van der Waals surface area contributed by atoms with Gasteiger partial charge in [-0.3, -0.25) is 0 Å². The lowest BCUT2D eigenvalue weighted by molar-refractivity contribution is 0.584. The van der Waals surface area contributed by atoms with Crippen LogP contribution in [-0.4, -0.2) is 0 Å². The Bertz CT molecular complexity index is 96.6. The molecular weight excluding hydrogens is 120 g/mol. The standard InChI is InChI=1S/C10H17/c1-2-4-9(3-1)5-6-10-7-8-10/h5,9-10H,1-4,6-8H2. The van der Waals surface area contributed by atoms with E-state index in [0.29, 0.717) is 0 Å². The average molecular weight is 137 g/mol. The van der Waals surface area contributed by atoms with Crippen molar-refractivity contribution in [3.8, 4) is 0 Å². The normalized spacial score (nSPS) is 27.6. The molecule has 0 heterocycles. The van der Waals surface area contributed by atoms with Gasteiger partial charge in [-0.2, -0.15) is 0 Å². The van der Waals surface area contributed by atoms with Crippen LogP contribution in [0, 0.1) is 18.3 Å². The summed E-state index contributed by atoms with van der Waals surface area (Å²) in [5.41, 5.74) is 0. The van der Waals surface area contributed by atoms with E-state index in [1.807, 2.05) is 0 Å². The Hall–Kier alpha value is 0. The lowest BCUT2D eigenvalue weighted by Gasteiger charge is -2.05. The van der Waals surface area contributed by atoms with Gasteiger partial charge in [-0.1, -0.05) is 38.5 Å². The van der Waals surface area contributed by atoms with E-state index in [1.165, 1.54) is 44.9 Å². The molecule has 0 spiro atoms. The van der Waals surface area contributed by atoms with Gasteiger partial charge in [0.25, 0.3) is 0 Å². The molecule has 2 aliphatic rings. The highest BCUT2D eigenvalue weighted by atomic mass is 14.3. The average Bonchev–Trinajstić information content (AvgIpc) is 2.63. The topological polar surface area (TPSA) is 0 Å². The number of hydrogen-bond donors (Lipinski definition) is 0. The Kier molecular flexibility index (Phi) is 1.97. The van der Waals surface area contributed by atoms with Gasteiger partial charge in [0, 0.05) is 0 Å². The summed E-state index contributed by atoms with van der Waals surface area (Å²) >= 11 is 0. The fraction of sp³-hybridized carbons (Fsp3) is 0.900. The van der Waals surface area contributed by atoms with Crippen molar-refractivity contribution >= 4 is 0 Å². The van der Waals surface area contributed by atoms with Gasteiger partial charge in [0.15, 0.2) is 0 Å². The number of rotatable bonds is 3. The maximum atomic E-state index is 2.60. The molecule has 0 aromatic heterocycles. The van der Waals surface area contributed by atoms with Crippen molar-refractivity contribution in [2.24, 2.45) is 11.8 Å². The molecule has 0 aliphatic heterocycles. The van der Waals surface area contributed by atoms with Crippen molar-refractivity contribution in [3.63, 3.8) is 0 Å². The van der Waals surface area contributed by atoms with Crippen LogP contribution in [0.4, 0.5) is 0 Å². The van der Waals surface area contributed by atoms with Crippen LogP contribution in [0.1, 0.15) is 44.9 Å². The minimum atomic E-state index is 1.01. The molecule has 0 unspecified atom stereocenters. The van der Waals surface area contributed by atoms with Crippen LogP contribution in [0.5, 0.6) is 0 Å². The van der Waals surface area contributed by atoms with Gasteiger partial charge in [-0.05, 0) is 24.7 Å². The van der Waals surface area contributed by atoms with Gasteiger partial charge in [0.2, 0.25) is 0 Å². The maximum absolute atomic E-state index is 2.60. The molecule has 1 radical (unpaired) electrons. The Morgan fingerprint density at radius 2 is 1.70 bits per heavy atom. The highest BCUT2D eigenvalue weighted by Gasteiger charge is 2.23. The molecule has 2 saturated carbocycles. The van der Waals surface area contributed by atoms with E-state index in [4.69, 9.17) is 0 Å². The summed E-state index contributed by atoms with van der Waals surface area (Å²) in [4.78, 5) is 0. The summed E-state index contributed by atoms with van der Waals surface area (Å²) < 4.78 is 0. The van der Waals surface area contributed by atoms with Crippen LogP contribution in [0.2, 0.25) is 0 Å². The zero-order chi connectivity index (χ0) is 6.81. The molecule has 0 bridgehead atoms. The first-order valence-corrected chi connectivity index (χ1v) is 4.78. The van der Waals surface area contributed by atoms with Crippen molar-refractivity contribution in [3.05, 3.63) is 6.42 Å². The molecular formula is C10H17. The highest BCUT2D eigenvalue weighted by Crippen LogP contribution is 2.37. The second-order valence-corrected chi connectivity index (χ2v) is 3.96. The fourth-order valence-electron chi connectivity index (χ4n) is 1.93. The van der Waals surface area contributed by atoms with E-state index in [2.05, 4.69) is 6.42 Å². The SMILES string of the molecule is [CH](CC1CC1)C1CCCC1. The van der Waals surface area contributed by atoms with E-state index < -0.39 is 0 Å². The minimum absolute atomic E-state index is 1.01. The minimum Gasteiger partial charge on any atom is -0.0530 e. The molecule has 0 amide bonds. The summed E-state index contributed by atoms with van der Waals surface area (Å²) in [7, 11) is 0. The van der Waals surface area contributed by atoms with Gasteiger partial charge in [-0.25, -0.2) is 0 Å². The van der Waals surface area contributed by atoms with Gasteiger partial charge in [-0.15, -0.1) is 0 Å². The molecule has 0 saturated heterocycles. The summed E-state index contributed by atoms with van der Waals surface area (Å²) in [6.45, 7) is 0. The van der Waals surface area contributed by atoms with Crippen LogP contribution >= 0.6 is 0 Å². The second kappa shape index (κ2) is 2.94. The lowest BCUT2D eigenvalue weighted by Crippen LogP contribution is -1.94. The molecule has 0 nitrogen and oxygen atoms in total. The van der Waals surface area contributed by atoms with Crippen LogP contribution in [-0.2, 0) is 0 Å². The zero-order valence-electron chi connectivity index (χ0n) is 6.68. The molecule has 0 aromatic carbocycles. The van der Waals surface area contributed by atoms with E-state index in [0.717, 1.165) is 11.8 Å². The van der Waals surface area contributed by atoms with Crippen LogP contribution < -0.4 is 0 Å². The third-order valence-corrected chi connectivity index (χ3v) is 2.90. The van der Waals surface area contributed by atoms with Gasteiger partial charge in [0.1, 0.15) is 0 Å². The third-order valence-electron chi connectivity index (χ3n) is 2.90. The van der Waals surface area contributed by atoms with Crippen LogP contribution in [0.25, 0.3) is 0 Å². The Labute approximate surface area is 64.0 Å². The molecule has 0 heteroatoms. The molecule has 2 rings (SSSR count). The summed E-state index contributed by atoms with van der Waals surface area (Å²) in [5, 5.41) is 0. The van der Waals surface area contributed by atoms with E-state index in [1.54, 1.807) is 0 Å². The van der Waals surface area contributed by atoms with Crippen molar-refractivity contribution in [2.75, 3.05) is 0 Å². The maximum Gasteiger partial charge on any atom is -0.0352 e. The first-order chi connectivity index (χ1) is 4.95. The predicted molar refractivity (Wildman–Crippen MR) is 43.6 cm³/mol. The molecule has 2 aliphatic carbocycles. The third kappa shape index (κ3) is 1.74. The highest BCUT2D eigenvalue weighted by molar-refractivity contribution is 4.86. The Morgan fingerprint density at radius 1 is 1.00 bits per heavy atom. The molecule has 57 valence electrons. The van der Waals surface area contributed by atoms with E-state index in [9.17, 15) is 0 Å². The van der Waals surface area contributed by atoms with E-state index >= 15 is 0 Å². The molecule has 0 aromatic rings. The van der Waals surface area contributed by atoms with Crippen molar-refractivity contribution in [2.45, 2.75) is 44.9 Å². The van der Waals surface area contributed by atoms with Gasteiger partial charge >= 0.3 is 0 Å². The lowest BCUT2D eigenvalue weighted by atomic mass is 10.0. The smallest absolute Gasteiger partial charge is 0.0352 e. The monoisotopic (exact) mass is 137 g/mol. The zero-order valence-corrected chi connectivity index (χ0v) is 6.68. The fourth-order valence-corrected chi connectivity index (χ4v) is 1.93. The van der Waals surface area contributed by atoms with Crippen LogP contribution in [0.15, 0.2) is 0 Å². The summed E-state index contributed by atoms with van der Waals surface area (Å²) in [6, 6.07) is 0. The van der Waals surface area contributed by atoms with E-state index in [-0.39, 0.29) is 0 Å². The molecule has 0 atom stereocenters. The van der Waals surface area contributed by atoms with Gasteiger partial charge < -0.3 is 0 Å². The largest absolute Gasteiger partial charge is 0.0530 e. The second-order valence-electron chi connectivity index (χ2n) is 3.96. The Balaban J connectivity index is 1.59. The summed E-state index contributed by atoms with van der Waals surface area (Å²) in [6.07, 6.45) is 13.0. The quantitative estimate of drug-likeness (QED) is 0.560. The van der Waals surface area contributed by atoms with Crippen molar-refractivity contribution in [1.82, 2.24) is 0 Å².